The number of hydrogen-bond acceptors (Lipinski definition) is 5. The topological polar surface area (TPSA) is 43.1 Å². The van der Waals surface area contributed by atoms with Crippen LogP contribution in [0.3, 0.4) is 0 Å². The number of halogens is 2. The number of rotatable bonds is 3. The number of hydrogen-bond donors (Lipinski definition) is 0. The van der Waals surface area contributed by atoms with Crippen molar-refractivity contribution in [1.29, 1.82) is 0 Å². The van der Waals surface area contributed by atoms with E-state index in [4.69, 9.17) is 0 Å². The molecule has 0 unspecified atom stereocenters. The minimum absolute atomic E-state index is 0.0385. The van der Waals surface area contributed by atoms with Crippen molar-refractivity contribution in [3.05, 3.63) is 57.2 Å². The molecule has 23 heavy (non-hydrogen) atoms. The van der Waals surface area contributed by atoms with Crippen LogP contribution >= 0.6 is 22.7 Å². The number of benzene rings is 1. The fourth-order valence-corrected chi connectivity index (χ4v) is 3.43. The summed E-state index contributed by atoms with van der Waals surface area (Å²) in [5, 5.41) is 14.9. The highest BCUT2D eigenvalue weighted by molar-refractivity contribution is 7.17. The van der Waals surface area contributed by atoms with Crippen molar-refractivity contribution in [2.75, 3.05) is 0 Å². The summed E-state index contributed by atoms with van der Waals surface area (Å²) in [7, 11) is 0. The second-order valence-corrected chi connectivity index (χ2v) is 6.60. The van der Waals surface area contributed by atoms with Crippen LogP contribution in [0, 0.1) is 11.6 Å². The van der Waals surface area contributed by atoms with Crippen molar-refractivity contribution >= 4 is 39.8 Å². The van der Waals surface area contributed by atoms with Crippen LogP contribution in [-0.2, 0) is 0 Å². The standard InChI is InChI=1S/C15H8F2N4S2/c16-9-3-5-12(17)11(8-9)14-18-19-15-21(14)20-13(23-15)6-4-10-2-1-7-22-10/h1-8H. The Bertz CT molecular complexity index is 1000. The third kappa shape index (κ3) is 2.66. The fourth-order valence-electron chi connectivity index (χ4n) is 2.08. The van der Waals surface area contributed by atoms with Gasteiger partial charge in [-0.15, -0.1) is 21.5 Å². The molecule has 8 heteroatoms. The SMILES string of the molecule is Fc1ccc(F)c(-c2nnc3sc(C=Cc4cccs4)nn23)c1. The van der Waals surface area contributed by atoms with Gasteiger partial charge < -0.3 is 0 Å². The molecule has 0 saturated heterocycles. The van der Waals surface area contributed by atoms with Crippen LogP contribution in [0.15, 0.2) is 35.7 Å². The summed E-state index contributed by atoms with van der Waals surface area (Å²) in [5.41, 5.74) is 0.0385. The summed E-state index contributed by atoms with van der Waals surface area (Å²) in [5.74, 6) is -0.917. The molecule has 0 spiro atoms. The van der Waals surface area contributed by atoms with E-state index in [0.717, 1.165) is 23.1 Å². The molecule has 0 atom stereocenters. The van der Waals surface area contributed by atoms with Crippen molar-refractivity contribution < 1.29 is 8.78 Å². The first-order valence-corrected chi connectivity index (χ1v) is 8.29. The van der Waals surface area contributed by atoms with Gasteiger partial charge in [0.15, 0.2) is 5.82 Å². The van der Waals surface area contributed by atoms with Gasteiger partial charge in [0.25, 0.3) is 0 Å². The Labute approximate surface area is 137 Å². The second-order valence-electron chi connectivity index (χ2n) is 4.63. The van der Waals surface area contributed by atoms with Crippen molar-refractivity contribution in [3.8, 4) is 11.4 Å². The molecular formula is C15H8F2N4S2. The predicted molar refractivity (Wildman–Crippen MR) is 87.3 cm³/mol. The monoisotopic (exact) mass is 346 g/mol. The third-order valence-electron chi connectivity index (χ3n) is 3.11. The zero-order valence-electron chi connectivity index (χ0n) is 11.5. The Balaban J connectivity index is 1.76. The van der Waals surface area contributed by atoms with E-state index in [1.807, 2.05) is 29.7 Å². The van der Waals surface area contributed by atoms with Gasteiger partial charge >= 0.3 is 0 Å². The number of aromatic nitrogens is 4. The highest BCUT2D eigenvalue weighted by atomic mass is 32.1. The van der Waals surface area contributed by atoms with E-state index in [-0.39, 0.29) is 11.4 Å². The van der Waals surface area contributed by atoms with E-state index in [9.17, 15) is 8.78 Å². The molecule has 0 radical (unpaired) electrons. The van der Waals surface area contributed by atoms with Gasteiger partial charge in [0.1, 0.15) is 16.6 Å². The molecule has 0 amide bonds. The van der Waals surface area contributed by atoms with Crippen LogP contribution in [0.25, 0.3) is 28.5 Å². The van der Waals surface area contributed by atoms with Gasteiger partial charge in [-0.25, -0.2) is 8.78 Å². The molecule has 3 heterocycles. The Kier molecular flexibility index (Phi) is 3.47. The molecule has 0 aliphatic carbocycles. The Morgan fingerprint density at radius 1 is 1.09 bits per heavy atom. The van der Waals surface area contributed by atoms with Gasteiger partial charge in [-0.05, 0) is 41.8 Å². The lowest BCUT2D eigenvalue weighted by molar-refractivity contribution is 0.601. The number of fused-ring (bicyclic) bond motifs is 1. The normalized spacial score (nSPS) is 11.7. The zero-order chi connectivity index (χ0) is 15.8. The van der Waals surface area contributed by atoms with Crippen LogP contribution in [0.1, 0.15) is 9.88 Å². The predicted octanol–water partition coefficient (Wildman–Crippen LogP) is 4.36. The third-order valence-corrected chi connectivity index (χ3v) is 4.81. The summed E-state index contributed by atoms with van der Waals surface area (Å²) >= 11 is 2.94. The van der Waals surface area contributed by atoms with Crippen molar-refractivity contribution in [1.82, 2.24) is 19.8 Å². The maximum absolute atomic E-state index is 13.9. The lowest BCUT2D eigenvalue weighted by Gasteiger charge is -1.99. The number of thiophene rings is 1. The Morgan fingerprint density at radius 3 is 2.83 bits per heavy atom. The first kappa shape index (κ1) is 14.2. The average molecular weight is 346 g/mol. The van der Waals surface area contributed by atoms with E-state index >= 15 is 0 Å². The molecular weight excluding hydrogens is 338 g/mol. The van der Waals surface area contributed by atoms with Crippen molar-refractivity contribution in [2.45, 2.75) is 0 Å². The summed E-state index contributed by atoms with van der Waals surface area (Å²) in [6.45, 7) is 0. The number of nitrogens with zero attached hydrogens (tertiary/aromatic N) is 4. The van der Waals surface area contributed by atoms with E-state index in [1.54, 1.807) is 11.3 Å². The molecule has 0 fully saturated rings. The summed E-state index contributed by atoms with van der Waals surface area (Å²) in [4.78, 5) is 1.63. The highest BCUT2D eigenvalue weighted by Gasteiger charge is 2.16. The molecule has 114 valence electrons. The second kappa shape index (κ2) is 5.64. The van der Waals surface area contributed by atoms with Gasteiger partial charge in [0.2, 0.25) is 4.96 Å². The van der Waals surface area contributed by atoms with E-state index in [2.05, 4.69) is 15.3 Å². The van der Waals surface area contributed by atoms with Crippen molar-refractivity contribution in [2.24, 2.45) is 0 Å². The molecule has 3 aromatic heterocycles. The summed E-state index contributed by atoms with van der Waals surface area (Å²) in [6.07, 6.45) is 3.80. The molecule has 0 aliphatic heterocycles. The maximum Gasteiger partial charge on any atom is 0.235 e. The lowest BCUT2D eigenvalue weighted by atomic mass is 10.2. The van der Waals surface area contributed by atoms with Crippen LogP contribution < -0.4 is 0 Å². The molecule has 1 aromatic carbocycles. The Hall–Kier alpha value is -2.45. The smallest absolute Gasteiger partial charge is 0.207 e. The van der Waals surface area contributed by atoms with Crippen LogP contribution in [0.4, 0.5) is 8.78 Å². The van der Waals surface area contributed by atoms with Crippen LogP contribution in [-0.4, -0.2) is 19.8 Å². The van der Waals surface area contributed by atoms with E-state index < -0.39 is 11.6 Å². The minimum Gasteiger partial charge on any atom is -0.207 e. The summed E-state index contributed by atoms with van der Waals surface area (Å²) in [6, 6.07) is 7.18. The molecule has 4 rings (SSSR count). The average Bonchev–Trinajstić information content (AvgIpc) is 3.23. The van der Waals surface area contributed by atoms with Gasteiger partial charge in [0, 0.05) is 4.88 Å². The molecule has 0 N–H and O–H groups in total. The van der Waals surface area contributed by atoms with Gasteiger partial charge in [-0.2, -0.15) is 9.61 Å². The van der Waals surface area contributed by atoms with Gasteiger partial charge in [0.05, 0.1) is 5.56 Å². The van der Waals surface area contributed by atoms with Crippen LogP contribution in [0.2, 0.25) is 0 Å². The first-order chi connectivity index (χ1) is 11.2. The molecule has 0 aliphatic rings. The van der Waals surface area contributed by atoms with E-state index in [0.29, 0.717) is 9.97 Å². The molecule has 0 saturated carbocycles. The first-order valence-electron chi connectivity index (χ1n) is 6.60. The Morgan fingerprint density at radius 2 is 2.00 bits per heavy atom. The molecule has 4 nitrogen and oxygen atoms in total. The van der Waals surface area contributed by atoms with E-state index in [1.165, 1.54) is 15.9 Å². The highest BCUT2D eigenvalue weighted by Crippen LogP contribution is 2.25. The van der Waals surface area contributed by atoms with Gasteiger partial charge in [-0.3, -0.25) is 0 Å². The maximum atomic E-state index is 13.9. The quantitative estimate of drug-likeness (QED) is 0.553. The summed E-state index contributed by atoms with van der Waals surface area (Å²) < 4.78 is 28.7. The largest absolute Gasteiger partial charge is 0.235 e. The van der Waals surface area contributed by atoms with Crippen LogP contribution in [0.5, 0.6) is 0 Å². The van der Waals surface area contributed by atoms with Gasteiger partial charge in [-0.1, -0.05) is 17.4 Å². The van der Waals surface area contributed by atoms with Crippen molar-refractivity contribution in [3.63, 3.8) is 0 Å². The molecule has 0 bridgehead atoms. The molecule has 4 aromatic rings. The fraction of sp³-hybridized carbons (Fsp3) is 0. The zero-order valence-corrected chi connectivity index (χ0v) is 13.1. The minimum atomic E-state index is -0.565. The lowest BCUT2D eigenvalue weighted by Crippen LogP contribution is -1.94.